The second-order valence-electron chi connectivity index (χ2n) is 8.31. The number of fused-ring (bicyclic) bond motifs is 1. The van der Waals surface area contributed by atoms with E-state index in [1.807, 2.05) is 65.1 Å². The summed E-state index contributed by atoms with van der Waals surface area (Å²) in [6.45, 7) is 4.86. The normalized spacial score (nSPS) is 31.4. The zero-order valence-electron chi connectivity index (χ0n) is 15.6. The van der Waals surface area contributed by atoms with Crippen molar-refractivity contribution in [1.82, 2.24) is 0 Å². The second kappa shape index (κ2) is 4.79. The molecule has 0 aliphatic carbocycles. The van der Waals surface area contributed by atoms with Crippen molar-refractivity contribution in [2.75, 3.05) is 7.05 Å². The van der Waals surface area contributed by atoms with Crippen LogP contribution in [0.4, 0.5) is 0 Å². The van der Waals surface area contributed by atoms with Gasteiger partial charge in [-0.25, -0.2) is 9.59 Å². The van der Waals surface area contributed by atoms with E-state index >= 15 is 0 Å². The molecule has 1 aromatic carbocycles. The van der Waals surface area contributed by atoms with Crippen molar-refractivity contribution >= 4 is 24.1 Å². The third-order valence-electron chi connectivity index (χ3n) is 6.70. The Morgan fingerprint density at radius 2 is 1.54 bits per heavy atom. The molecule has 0 atom stereocenters. The number of hydrogen-bond donors (Lipinski definition) is 0. The molecule has 0 radical (unpaired) electrons. The van der Waals surface area contributed by atoms with Gasteiger partial charge in [0.2, 0.25) is 0 Å². The van der Waals surface area contributed by atoms with Crippen molar-refractivity contribution in [3.05, 3.63) is 42.9 Å². The molecule has 2 aliphatic rings. The third kappa shape index (κ3) is 1.67. The Hall–Kier alpha value is -2.54. The number of furan rings is 1. The van der Waals surface area contributed by atoms with Crippen LogP contribution in [-0.4, -0.2) is 41.1 Å². The predicted molar refractivity (Wildman–Crippen MR) is 96.1 cm³/mol. The molecule has 136 valence electrons. The van der Waals surface area contributed by atoms with E-state index < -0.39 is 17.8 Å². The van der Waals surface area contributed by atoms with Crippen molar-refractivity contribution in [2.45, 2.75) is 38.8 Å². The molecule has 0 amide bonds. The Kier molecular flexibility index (Phi) is 3.12. The van der Waals surface area contributed by atoms with Crippen LogP contribution >= 0.6 is 0 Å². The minimum Gasteiger partial charge on any atom is -0.596 e. The number of nitrogens with zero attached hydrogens (tertiary/aromatic N) is 1. The van der Waals surface area contributed by atoms with Crippen LogP contribution in [0.5, 0.6) is 0 Å². The highest BCUT2D eigenvalue weighted by Crippen LogP contribution is 2.51. The molecule has 2 saturated heterocycles. The molecule has 4 rings (SSSR count). The first-order valence-corrected chi connectivity index (χ1v) is 8.68. The average molecular weight is 355 g/mol. The van der Waals surface area contributed by atoms with E-state index in [-0.39, 0.29) is 16.3 Å². The first-order chi connectivity index (χ1) is 12.1. The Balaban J connectivity index is 1.97. The Bertz CT molecular complexity index is 886. The zero-order chi connectivity index (χ0) is 19.0. The van der Waals surface area contributed by atoms with Gasteiger partial charge in [-0.3, -0.25) is 0 Å². The van der Waals surface area contributed by atoms with Crippen LogP contribution in [0.1, 0.15) is 27.7 Å². The summed E-state index contributed by atoms with van der Waals surface area (Å²) in [5.74, 6) is -0.733. The number of hydrogen-bond acceptors (Lipinski definition) is 5. The van der Waals surface area contributed by atoms with Crippen molar-refractivity contribution in [2.24, 2.45) is 0 Å². The van der Waals surface area contributed by atoms with Gasteiger partial charge in [0.05, 0.1) is 12.5 Å². The van der Waals surface area contributed by atoms with Crippen molar-refractivity contribution in [3.8, 4) is 11.1 Å². The summed E-state index contributed by atoms with van der Waals surface area (Å²) in [7, 11) is 1.88. The predicted octanol–water partition coefficient (Wildman–Crippen LogP) is 2.21. The molecule has 0 unspecified atom stereocenters. The minimum absolute atomic E-state index is 0.0481. The number of carbonyl (C=O) groups excluding carboxylic acids is 2. The SMILES string of the molecule is CC1(C)C(=O)O[B-]2(c3cccc(-c4ccoc4)c3)OC(=O)C(C)(C)[N+]21C. The van der Waals surface area contributed by atoms with E-state index in [9.17, 15) is 9.59 Å². The maximum atomic E-state index is 12.8. The molecule has 0 bridgehead atoms. The highest BCUT2D eigenvalue weighted by Gasteiger charge is 2.80. The van der Waals surface area contributed by atoms with Crippen LogP contribution in [0, 0.1) is 0 Å². The van der Waals surface area contributed by atoms with Gasteiger partial charge in [0, 0.05) is 12.6 Å². The van der Waals surface area contributed by atoms with Crippen molar-refractivity contribution < 1.29 is 27.7 Å². The smallest absolute Gasteiger partial charge is 0.596 e. The summed E-state index contributed by atoms with van der Waals surface area (Å²) in [6.07, 6.45) is 3.25. The van der Waals surface area contributed by atoms with Gasteiger partial charge in [-0.2, -0.15) is 0 Å². The van der Waals surface area contributed by atoms with Gasteiger partial charge < -0.3 is 18.1 Å². The second-order valence-corrected chi connectivity index (χ2v) is 8.31. The average Bonchev–Trinajstić information content (AvgIpc) is 3.22. The fourth-order valence-corrected chi connectivity index (χ4v) is 4.55. The summed E-state index contributed by atoms with van der Waals surface area (Å²) in [6, 6.07) is 9.42. The molecule has 1 aromatic heterocycles. The number of likely N-dealkylation sites (N-methyl/N-ethyl adjacent to an activating group) is 1. The maximum Gasteiger partial charge on any atom is 0.615 e. The first kappa shape index (κ1) is 16.9. The summed E-state index contributed by atoms with van der Waals surface area (Å²) in [5, 5.41) is 0. The number of quaternary nitrogens is 1. The number of benzene rings is 1. The number of carbonyl (C=O) groups is 2. The van der Waals surface area contributed by atoms with Gasteiger partial charge in [-0.1, -0.05) is 24.3 Å². The van der Waals surface area contributed by atoms with E-state index in [1.165, 1.54) is 0 Å². The molecule has 0 N–H and O–H groups in total. The van der Waals surface area contributed by atoms with E-state index in [2.05, 4.69) is 0 Å². The van der Waals surface area contributed by atoms with Crippen LogP contribution < -0.4 is 5.46 Å². The molecule has 0 saturated carbocycles. The van der Waals surface area contributed by atoms with Crippen LogP contribution in [0.3, 0.4) is 0 Å². The van der Waals surface area contributed by atoms with Crippen LogP contribution in [-0.2, 0) is 18.9 Å². The third-order valence-corrected chi connectivity index (χ3v) is 6.70. The van der Waals surface area contributed by atoms with Crippen molar-refractivity contribution in [3.63, 3.8) is 0 Å². The van der Waals surface area contributed by atoms with Crippen molar-refractivity contribution in [1.29, 1.82) is 0 Å². The zero-order valence-corrected chi connectivity index (χ0v) is 15.6. The van der Waals surface area contributed by atoms with Crippen LogP contribution in [0.2, 0.25) is 0 Å². The van der Waals surface area contributed by atoms with E-state index in [1.54, 1.807) is 12.5 Å². The molecule has 6 nitrogen and oxygen atoms in total. The summed E-state index contributed by atoms with van der Waals surface area (Å²) < 4.78 is 17.0. The topological polar surface area (TPSA) is 65.7 Å². The van der Waals surface area contributed by atoms with E-state index in [4.69, 9.17) is 13.7 Å². The molecule has 2 aliphatic heterocycles. The monoisotopic (exact) mass is 355 g/mol. The summed E-state index contributed by atoms with van der Waals surface area (Å²) >= 11 is 0. The standard InChI is InChI=1S/C19H22BNO5/c1-18(2)16(22)25-20(21(18,5)19(3,4)17(23)26-20)15-8-6-7-13(11-15)14-9-10-24-12-14/h6-12H,1-5H3. The van der Waals surface area contributed by atoms with Gasteiger partial charge in [0.25, 0.3) is 0 Å². The van der Waals surface area contributed by atoms with Gasteiger partial charge in [-0.05, 0) is 44.8 Å². The van der Waals surface area contributed by atoms with Crippen LogP contribution in [0.25, 0.3) is 11.1 Å². The highest BCUT2D eigenvalue weighted by molar-refractivity contribution is 6.79. The lowest BCUT2D eigenvalue weighted by molar-refractivity contribution is -0.885. The quantitative estimate of drug-likeness (QED) is 0.773. The molecule has 3 heterocycles. The van der Waals surface area contributed by atoms with Gasteiger partial charge >= 0.3 is 18.6 Å². The minimum atomic E-state index is -2.38. The lowest BCUT2D eigenvalue weighted by atomic mass is 9.57. The van der Waals surface area contributed by atoms with Gasteiger partial charge in [0.15, 0.2) is 11.1 Å². The molecular weight excluding hydrogens is 333 g/mol. The Morgan fingerprint density at radius 3 is 2.08 bits per heavy atom. The Labute approximate surface area is 152 Å². The van der Waals surface area contributed by atoms with E-state index in [0.717, 1.165) is 11.1 Å². The Morgan fingerprint density at radius 1 is 0.923 bits per heavy atom. The molecular formula is C19H22BNO5. The fraction of sp³-hybridized carbons (Fsp3) is 0.368. The molecule has 2 aromatic rings. The lowest BCUT2D eigenvalue weighted by Crippen LogP contribution is -2.77. The summed E-state index contributed by atoms with van der Waals surface area (Å²) in [5.41, 5.74) is 0.632. The molecule has 2 fully saturated rings. The fourth-order valence-electron chi connectivity index (χ4n) is 4.55. The van der Waals surface area contributed by atoms with Gasteiger partial charge in [-0.15, -0.1) is 0 Å². The van der Waals surface area contributed by atoms with Crippen LogP contribution in [0.15, 0.2) is 47.3 Å². The van der Waals surface area contributed by atoms with Gasteiger partial charge in [0.1, 0.15) is 0 Å². The molecule has 7 heteroatoms. The van der Waals surface area contributed by atoms with E-state index in [0.29, 0.717) is 5.46 Å². The number of rotatable bonds is 2. The largest absolute Gasteiger partial charge is 0.615 e. The maximum absolute atomic E-state index is 12.8. The summed E-state index contributed by atoms with van der Waals surface area (Å²) in [4.78, 5) is 25.5. The molecule has 26 heavy (non-hydrogen) atoms. The first-order valence-electron chi connectivity index (χ1n) is 8.68. The molecule has 0 spiro atoms. The lowest BCUT2D eigenvalue weighted by Gasteiger charge is -2.54. The highest BCUT2D eigenvalue weighted by atomic mass is 16.7.